The number of unbranched alkanes of at least 4 members (excludes halogenated alkanes) is 4. The van der Waals surface area contributed by atoms with Gasteiger partial charge in [-0.2, -0.15) is 0 Å². The molecule has 2 aliphatic heterocycles. The van der Waals surface area contributed by atoms with E-state index in [9.17, 15) is 28.8 Å². The SMILES string of the molecule is CCCCN1C(=O)C(=C/C=C/C=C/C2C(=O)N(CCCC)C(=O)N(CCCC)C2=O)C(=O)N(CCCC)C1=O. The zero-order valence-electron chi connectivity index (χ0n) is 23.7. The Morgan fingerprint density at radius 2 is 0.923 bits per heavy atom. The summed E-state index contributed by atoms with van der Waals surface area (Å²) in [5, 5.41) is 0. The summed E-state index contributed by atoms with van der Waals surface area (Å²) in [5.74, 6) is -3.49. The fourth-order valence-corrected chi connectivity index (χ4v) is 4.25. The van der Waals surface area contributed by atoms with Gasteiger partial charge in [0.1, 0.15) is 11.5 Å². The molecule has 2 heterocycles. The minimum absolute atomic E-state index is 0.113. The van der Waals surface area contributed by atoms with Crippen molar-refractivity contribution in [2.45, 2.75) is 79.1 Å². The van der Waals surface area contributed by atoms with E-state index in [1.54, 1.807) is 0 Å². The lowest BCUT2D eigenvalue weighted by Crippen LogP contribution is -2.59. The first-order chi connectivity index (χ1) is 18.7. The smallest absolute Gasteiger partial charge is 0.273 e. The molecule has 2 saturated heterocycles. The van der Waals surface area contributed by atoms with Crippen LogP contribution in [0.25, 0.3) is 0 Å². The van der Waals surface area contributed by atoms with Gasteiger partial charge in [-0.3, -0.25) is 38.8 Å². The molecule has 0 radical (unpaired) electrons. The lowest BCUT2D eigenvalue weighted by Gasteiger charge is -2.36. The Morgan fingerprint density at radius 1 is 0.538 bits per heavy atom. The van der Waals surface area contributed by atoms with Crippen molar-refractivity contribution in [3.05, 3.63) is 36.0 Å². The van der Waals surface area contributed by atoms with Crippen LogP contribution in [0, 0.1) is 5.92 Å². The molecule has 0 unspecified atom stereocenters. The summed E-state index contributed by atoms with van der Waals surface area (Å²) in [7, 11) is 0. The fourth-order valence-electron chi connectivity index (χ4n) is 4.25. The number of urea groups is 2. The summed E-state index contributed by atoms with van der Waals surface area (Å²) in [6, 6.07) is -1.15. The van der Waals surface area contributed by atoms with E-state index in [1.165, 1.54) is 30.4 Å². The third-order valence-corrected chi connectivity index (χ3v) is 6.67. The molecule has 2 aliphatic rings. The zero-order valence-corrected chi connectivity index (χ0v) is 23.7. The van der Waals surface area contributed by atoms with Crippen LogP contribution in [0.15, 0.2) is 36.0 Å². The number of carbonyl (C=O) groups is 6. The van der Waals surface area contributed by atoms with E-state index in [0.29, 0.717) is 25.7 Å². The third-order valence-electron chi connectivity index (χ3n) is 6.67. The van der Waals surface area contributed by atoms with E-state index in [2.05, 4.69) is 0 Å². The number of amides is 8. The Kier molecular flexibility index (Phi) is 12.8. The lowest BCUT2D eigenvalue weighted by atomic mass is 10.0. The molecule has 0 atom stereocenters. The Hall–Kier alpha value is -3.56. The molecule has 39 heavy (non-hydrogen) atoms. The van der Waals surface area contributed by atoms with Crippen LogP contribution in [0.3, 0.4) is 0 Å². The Labute approximate surface area is 231 Å². The minimum Gasteiger partial charge on any atom is -0.273 e. The quantitative estimate of drug-likeness (QED) is 0.131. The number of rotatable bonds is 15. The first-order valence-corrected chi connectivity index (χ1v) is 14.1. The molecule has 2 fully saturated rings. The molecule has 214 valence electrons. The highest BCUT2D eigenvalue weighted by atomic mass is 16.2. The van der Waals surface area contributed by atoms with Crippen LogP contribution in [0.5, 0.6) is 0 Å². The van der Waals surface area contributed by atoms with Crippen molar-refractivity contribution in [3.8, 4) is 0 Å². The average molecular weight is 543 g/mol. The summed E-state index contributed by atoms with van der Waals surface area (Å²) in [6.45, 7) is 8.80. The number of carbonyl (C=O) groups excluding carboxylic acids is 6. The maximum Gasteiger partial charge on any atom is 0.333 e. The van der Waals surface area contributed by atoms with Gasteiger partial charge in [0.05, 0.1) is 0 Å². The van der Waals surface area contributed by atoms with E-state index in [0.717, 1.165) is 45.3 Å². The summed E-state index contributed by atoms with van der Waals surface area (Å²) in [6.07, 6.45) is 13.0. The van der Waals surface area contributed by atoms with Crippen molar-refractivity contribution in [3.63, 3.8) is 0 Å². The molecule has 2 rings (SSSR count). The van der Waals surface area contributed by atoms with Crippen LogP contribution >= 0.6 is 0 Å². The van der Waals surface area contributed by atoms with Crippen LogP contribution in [-0.2, 0) is 19.2 Å². The highest BCUT2D eigenvalue weighted by molar-refractivity contribution is 6.28. The van der Waals surface area contributed by atoms with Gasteiger partial charge in [0.25, 0.3) is 11.8 Å². The summed E-state index contributed by atoms with van der Waals surface area (Å²) in [4.78, 5) is 82.0. The molecule has 0 N–H and O–H groups in total. The standard InChI is InChI=1S/C29H42N4O6/c1-5-9-18-30-24(34)22(25(35)31(28(30)38)19-10-6-2)16-14-13-15-17-23-26(36)32(20-11-7-3)29(39)33(27(23)37)21-12-8-4/h13-17,22H,5-12,18-21H2,1-4H3/b15-13+,16-14+. The van der Waals surface area contributed by atoms with Crippen molar-refractivity contribution in [1.82, 2.24) is 19.6 Å². The molecular weight excluding hydrogens is 500 g/mol. The Balaban J connectivity index is 2.25. The van der Waals surface area contributed by atoms with Gasteiger partial charge in [-0.05, 0) is 31.8 Å². The fraction of sp³-hybridized carbons (Fsp3) is 0.586. The van der Waals surface area contributed by atoms with Gasteiger partial charge in [0.2, 0.25) is 11.8 Å². The van der Waals surface area contributed by atoms with Gasteiger partial charge in [-0.1, -0.05) is 77.7 Å². The van der Waals surface area contributed by atoms with Gasteiger partial charge >= 0.3 is 12.1 Å². The molecule has 0 aliphatic carbocycles. The van der Waals surface area contributed by atoms with Gasteiger partial charge in [-0.15, -0.1) is 0 Å². The van der Waals surface area contributed by atoms with E-state index < -0.39 is 41.6 Å². The highest BCUT2D eigenvalue weighted by Crippen LogP contribution is 2.22. The number of barbiturate groups is 2. The van der Waals surface area contributed by atoms with Crippen molar-refractivity contribution >= 4 is 35.7 Å². The molecule has 0 aromatic carbocycles. The first kappa shape index (κ1) is 31.7. The van der Waals surface area contributed by atoms with E-state index in [4.69, 9.17) is 0 Å². The molecule has 0 saturated carbocycles. The summed E-state index contributed by atoms with van der Waals surface area (Å²) in [5.41, 5.74) is -0.113. The monoisotopic (exact) mass is 542 g/mol. The first-order valence-electron chi connectivity index (χ1n) is 14.1. The van der Waals surface area contributed by atoms with E-state index >= 15 is 0 Å². The molecule has 8 amide bonds. The lowest BCUT2D eigenvalue weighted by molar-refractivity contribution is -0.147. The van der Waals surface area contributed by atoms with E-state index in [1.807, 2.05) is 27.7 Å². The maximum absolute atomic E-state index is 13.0. The second-order valence-electron chi connectivity index (χ2n) is 9.70. The highest BCUT2D eigenvalue weighted by Gasteiger charge is 2.44. The van der Waals surface area contributed by atoms with Crippen molar-refractivity contribution in [2.24, 2.45) is 5.92 Å². The zero-order chi connectivity index (χ0) is 28.9. The predicted molar refractivity (Wildman–Crippen MR) is 147 cm³/mol. The second kappa shape index (κ2) is 15.8. The second-order valence-corrected chi connectivity index (χ2v) is 9.70. The average Bonchev–Trinajstić information content (AvgIpc) is 2.91. The van der Waals surface area contributed by atoms with E-state index in [-0.39, 0.29) is 31.8 Å². The number of nitrogens with zero attached hydrogens (tertiary/aromatic N) is 4. The minimum atomic E-state index is -1.13. The normalized spacial score (nSPS) is 17.7. The van der Waals surface area contributed by atoms with Gasteiger partial charge in [0.15, 0.2) is 0 Å². The van der Waals surface area contributed by atoms with Crippen molar-refractivity contribution < 1.29 is 28.8 Å². The third kappa shape index (κ3) is 7.74. The molecule has 0 bridgehead atoms. The summed E-state index contributed by atoms with van der Waals surface area (Å²) < 4.78 is 0. The van der Waals surface area contributed by atoms with Gasteiger partial charge in [0, 0.05) is 26.2 Å². The van der Waals surface area contributed by atoms with Crippen LogP contribution in [0.1, 0.15) is 79.1 Å². The Bertz CT molecular complexity index is 969. The number of hydrogen-bond acceptors (Lipinski definition) is 6. The molecule has 0 spiro atoms. The van der Waals surface area contributed by atoms with Gasteiger partial charge < -0.3 is 0 Å². The molecule has 0 aromatic rings. The topological polar surface area (TPSA) is 115 Å². The largest absolute Gasteiger partial charge is 0.333 e. The number of imide groups is 4. The number of hydrogen-bond donors (Lipinski definition) is 0. The predicted octanol–water partition coefficient (Wildman–Crippen LogP) is 4.42. The van der Waals surface area contributed by atoms with Crippen LogP contribution in [-0.4, -0.2) is 81.5 Å². The molecule has 0 aromatic heterocycles. The number of allylic oxidation sites excluding steroid dienone is 4. The summed E-state index contributed by atoms with van der Waals surface area (Å²) >= 11 is 0. The molecular formula is C29H42N4O6. The van der Waals surface area contributed by atoms with Crippen LogP contribution in [0.2, 0.25) is 0 Å². The van der Waals surface area contributed by atoms with Crippen molar-refractivity contribution in [1.29, 1.82) is 0 Å². The van der Waals surface area contributed by atoms with Gasteiger partial charge in [-0.25, -0.2) is 9.59 Å². The van der Waals surface area contributed by atoms with Crippen LogP contribution in [0.4, 0.5) is 9.59 Å². The van der Waals surface area contributed by atoms with Crippen LogP contribution < -0.4 is 0 Å². The van der Waals surface area contributed by atoms with Crippen molar-refractivity contribution in [2.75, 3.05) is 26.2 Å². The molecule has 10 nitrogen and oxygen atoms in total. The Morgan fingerprint density at radius 3 is 1.33 bits per heavy atom. The molecule has 10 heteroatoms. The maximum atomic E-state index is 13.0.